The monoisotopic (exact) mass is 304 g/mol. The van der Waals surface area contributed by atoms with Crippen molar-refractivity contribution >= 4 is 27.1 Å². The van der Waals surface area contributed by atoms with Crippen LogP contribution in [0.25, 0.3) is 5.52 Å². The number of aromatic nitrogens is 3. The van der Waals surface area contributed by atoms with Crippen molar-refractivity contribution in [3.8, 4) is 11.6 Å². The summed E-state index contributed by atoms with van der Waals surface area (Å²) in [6.07, 6.45) is 5.09. The molecule has 2 heterocycles. The molecule has 0 unspecified atom stereocenters. The molecule has 0 bridgehead atoms. The van der Waals surface area contributed by atoms with Gasteiger partial charge < -0.3 is 10.5 Å². The van der Waals surface area contributed by atoms with Crippen molar-refractivity contribution in [2.45, 2.75) is 0 Å². The lowest BCUT2D eigenvalue weighted by Gasteiger charge is -2.08. The first-order valence-corrected chi connectivity index (χ1v) is 6.04. The van der Waals surface area contributed by atoms with E-state index in [4.69, 9.17) is 10.5 Å². The van der Waals surface area contributed by atoms with Gasteiger partial charge in [0, 0.05) is 24.1 Å². The predicted octanol–water partition coefficient (Wildman–Crippen LogP) is 2.87. The maximum atomic E-state index is 5.76. The molecule has 3 rings (SSSR count). The zero-order valence-corrected chi connectivity index (χ0v) is 10.8. The molecular formula is C12H9BrN4O. The van der Waals surface area contributed by atoms with E-state index in [0.717, 1.165) is 9.99 Å². The molecule has 2 aromatic heterocycles. The van der Waals surface area contributed by atoms with Gasteiger partial charge in [-0.3, -0.25) is 0 Å². The zero-order chi connectivity index (χ0) is 12.5. The summed E-state index contributed by atoms with van der Waals surface area (Å²) in [6.45, 7) is 0. The van der Waals surface area contributed by atoms with Crippen LogP contribution in [0.3, 0.4) is 0 Å². The maximum absolute atomic E-state index is 5.76. The second kappa shape index (κ2) is 4.30. The number of nitrogens with zero attached hydrogens (tertiary/aromatic N) is 3. The first-order valence-electron chi connectivity index (χ1n) is 5.25. The van der Waals surface area contributed by atoms with Crippen molar-refractivity contribution in [2.24, 2.45) is 0 Å². The van der Waals surface area contributed by atoms with Gasteiger partial charge in [-0.1, -0.05) is 0 Å². The van der Waals surface area contributed by atoms with Crippen LogP contribution < -0.4 is 10.5 Å². The molecule has 6 heteroatoms. The minimum Gasteiger partial charge on any atom is -0.436 e. The lowest BCUT2D eigenvalue weighted by atomic mass is 10.3. The van der Waals surface area contributed by atoms with Crippen LogP contribution in [0.15, 0.2) is 47.3 Å². The van der Waals surface area contributed by atoms with Crippen molar-refractivity contribution < 1.29 is 4.74 Å². The molecular weight excluding hydrogens is 296 g/mol. The van der Waals surface area contributed by atoms with Gasteiger partial charge in [-0.25, -0.2) is 9.50 Å². The summed E-state index contributed by atoms with van der Waals surface area (Å²) >= 11 is 3.41. The van der Waals surface area contributed by atoms with Gasteiger partial charge in [-0.2, -0.15) is 5.10 Å². The highest BCUT2D eigenvalue weighted by atomic mass is 79.9. The summed E-state index contributed by atoms with van der Waals surface area (Å²) in [5, 5.41) is 4.12. The van der Waals surface area contributed by atoms with E-state index in [1.165, 1.54) is 0 Å². The molecule has 2 N–H and O–H groups in total. The van der Waals surface area contributed by atoms with Crippen LogP contribution in [0.5, 0.6) is 11.6 Å². The van der Waals surface area contributed by atoms with Gasteiger partial charge in [0.05, 0.1) is 10.7 Å². The van der Waals surface area contributed by atoms with Crippen LogP contribution in [-0.2, 0) is 0 Å². The molecule has 0 spiro atoms. The van der Waals surface area contributed by atoms with E-state index in [0.29, 0.717) is 17.3 Å². The number of nitrogen functional groups attached to an aromatic ring is 1. The fraction of sp³-hybridized carbons (Fsp3) is 0. The van der Waals surface area contributed by atoms with Gasteiger partial charge in [-0.15, -0.1) is 0 Å². The average Bonchev–Trinajstić information content (AvgIpc) is 2.83. The van der Waals surface area contributed by atoms with Crippen LogP contribution in [0.4, 0.5) is 5.69 Å². The Balaban J connectivity index is 2.06. The van der Waals surface area contributed by atoms with Crippen LogP contribution in [0.1, 0.15) is 0 Å². The van der Waals surface area contributed by atoms with Crippen molar-refractivity contribution in [3.05, 3.63) is 47.3 Å². The molecule has 0 aliphatic rings. The van der Waals surface area contributed by atoms with Gasteiger partial charge in [-0.05, 0) is 34.1 Å². The Morgan fingerprint density at radius 2 is 2.11 bits per heavy atom. The number of fused-ring (bicyclic) bond motifs is 1. The third-order valence-electron chi connectivity index (χ3n) is 2.45. The standard InChI is InChI=1S/C12H9BrN4O/c13-9-2-1-8(14)7-11(9)18-12-10-3-4-16-17(10)6-5-15-12/h1-7H,14H2. The molecule has 18 heavy (non-hydrogen) atoms. The van der Waals surface area contributed by atoms with E-state index < -0.39 is 0 Å². The van der Waals surface area contributed by atoms with Crippen molar-refractivity contribution in [1.29, 1.82) is 0 Å². The minimum absolute atomic E-state index is 0.487. The SMILES string of the molecule is Nc1ccc(Br)c(Oc2nccn3nccc23)c1. The van der Waals surface area contributed by atoms with E-state index in [1.807, 2.05) is 12.1 Å². The summed E-state index contributed by atoms with van der Waals surface area (Å²) in [5.41, 5.74) is 7.17. The molecule has 0 aliphatic heterocycles. The van der Waals surface area contributed by atoms with E-state index >= 15 is 0 Å². The summed E-state index contributed by atoms with van der Waals surface area (Å²) in [6, 6.07) is 7.21. The molecule has 1 aromatic carbocycles. The lowest BCUT2D eigenvalue weighted by Crippen LogP contribution is -1.95. The van der Waals surface area contributed by atoms with E-state index in [1.54, 1.807) is 35.2 Å². The van der Waals surface area contributed by atoms with Crippen molar-refractivity contribution in [3.63, 3.8) is 0 Å². The smallest absolute Gasteiger partial charge is 0.245 e. The van der Waals surface area contributed by atoms with Gasteiger partial charge in [0.1, 0.15) is 11.3 Å². The molecule has 0 radical (unpaired) electrons. The van der Waals surface area contributed by atoms with Gasteiger partial charge in [0.25, 0.3) is 0 Å². The van der Waals surface area contributed by atoms with Gasteiger partial charge in [0.15, 0.2) is 0 Å². The Kier molecular flexibility index (Phi) is 2.64. The number of hydrogen-bond acceptors (Lipinski definition) is 4. The van der Waals surface area contributed by atoms with Crippen LogP contribution in [0.2, 0.25) is 0 Å². The largest absolute Gasteiger partial charge is 0.436 e. The fourth-order valence-corrected chi connectivity index (χ4v) is 1.94. The molecule has 0 saturated heterocycles. The van der Waals surface area contributed by atoms with Crippen molar-refractivity contribution in [2.75, 3.05) is 5.73 Å². The van der Waals surface area contributed by atoms with E-state index in [2.05, 4.69) is 26.0 Å². The van der Waals surface area contributed by atoms with Crippen LogP contribution in [-0.4, -0.2) is 14.6 Å². The number of nitrogens with two attached hydrogens (primary N) is 1. The summed E-state index contributed by atoms with van der Waals surface area (Å²) in [4.78, 5) is 4.20. The Morgan fingerprint density at radius 1 is 1.22 bits per heavy atom. The van der Waals surface area contributed by atoms with Crippen LogP contribution in [0, 0.1) is 0 Å². The summed E-state index contributed by atoms with van der Waals surface area (Å²) < 4.78 is 8.28. The van der Waals surface area contributed by atoms with Crippen molar-refractivity contribution in [1.82, 2.24) is 14.6 Å². The van der Waals surface area contributed by atoms with Gasteiger partial charge >= 0.3 is 0 Å². The topological polar surface area (TPSA) is 65.4 Å². The highest BCUT2D eigenvalue weighted by Crippen LogP contribution is 2.31. The molecule has 0 fully saturated rings. The van der Waals surface area contributed by atoms with Crippen LogP contribution >= 0.6 is 15.9 Å². The quantitative estimate of drug-likeness (QED) is 0.739. The normalized spacial score (nSPS) is 10.7. The number of halogens is 1. The third-order valence-corrected chi connectivity index (χ3v) is 3.11. The first kappa shape index (κ1) is 11.0. The third kappa shape index (κ3) is 1.91. The molecule has 90 valence electrons. The highest BCUT2D eigenvalue weighted by Gasteiger charge is 2.08. The minimum atomic E-state index is 0.487. The fourth-order valence-electron chi connectivity index (χ4n) is 1.61. The zero-order valence-electron chi connectivity index (χ0n) is 9.25. The Hall–Kier alpha value is -2.08. The number of anilines is 1. The molecule has 0 amide bonds. The number of benzene rings is 1. The Bertz CT molecular complexity index is 710. The first-order chi connectivity index (χ1) is 8.74. The Morgan fingerprint density at radius 3 is 3.00 bits per heavy atom. The average molecular weight is 305 g/mol. The number of ether oxygens (including phenoxy) is 1. The molecule has 0 aliphatic carbocycles. The maximum Gasteiger partial charge on any atom is 0.245 e. The second-order valence-corrected chi connectivity index (χ2v) is 4.54. The number of rotatable bonds is 2. The summed E-state index contributed by atoms with van der Waals surface area (Å²) in [7, 11) is 0. The molecule has 5 nitrogen and oxygen atoms in total. The summed E-state index contributed by atoms with van der Waals surface area (Å²) in [5.74, 6) is 1.11. The molecule has 0 saturated carbocycles. The Labute approximate surface area is 111 Å². The second-order valence-electron chi connectivity index (χ2n) is 3.69. The molecule has 0 atom stereocenters. The van der Waals surface area contributed by atoms with E-state index in [9.17, 15) is 0 Å². The van der Waals surface area contributed by atoms with E-state index in [-0.39, 0.29) is 0 Å². The lowest BCUT2D eigenvalue weighted by molar-refractivity contribution is 0.463. The number of hydrogen-bond donors (Lipinski definition) is 1. The predicted molar refractivity (Wildman–Crippen MR) is 71.6 cm³/mol. The van der Waals surface area contributed by atoms with Gasteiger partial charge in [0.2, 0.25) is 5.88 Å². The highest BCUT2D eigenvalue weighted by molar-refractivity contribution is 9.10. The molecule has 3 aromatic rings.